The van der Waals surface area contributed by atoms with Crippen LogP contribution in [-0.2, 0) is 6.54 Å². The molecule has 5 heteroatoms. The smallest absolute Gasteiger partial charge is 0.174 e. The molecular formula is C16H18N4O. The second kappa shape index (κ2) is 7.15. The van der Waals surface area contributed by atoms with Crippen LogP contribution in [0.25, 0.3) is 0 Å². The van der Waals surface area contributed by atoms with E-state index in [1.807, 2.05) is 61.5 Å². The van der Waals surface area contributed by atoms with Gasteiger partial charge >= 0.3 is 0 Å². The summed E-state index contributed by atoms with van der Waals surface area (Å²) in [7, 11) is 3.91. The van der Waals surface area contributed by atoms with Crippen LogP contribution in [-0.4, -0.2) is 25.7 Å². The van der Waals surface area contributed by atoms with E-state index in [2.05, 4.69) is 10.3 Å². The number of anilines is 2. The molecule has 1 aromatic carbocycles. The van der Waals surface area contributed by atoms with Crippen molar-refractivity contribution in [3.63, 3.8) is 0 Å². The van der Waals surface area contributed by atoms with Crippen LogP contribution in [0, 0.1) is 11.3 Å². The molecule has 0 atom stereocenters. The van der Waals surface area contributed by atoms with Gasteiger partial charge in [-0.2, -0.15) is 5.26 Å². The SMILES string of the molecule is CN(C)c1ccc(NCc2ccccc2OCC#N)cn1. The van der Waals surface area contributed by atoms with E-state index in [-0.39, 0.29) is 6.61 Å². The maximum absolute atomic E-state index is 8.59. The van der Waals surface area contributed by atoms with E-state index >= 15 is 0 Å². The third-order valence-electron chi connectivity index (χ3n) is 2.95. The summed E-state index contributed by atoms with van der Waals surface area (Å²) in [5.74, 6) is 1.64. The zero-order chi connectivity index (χ0) is 15.1. The van der Waals surface area contributed by atoms with Crippen LogP contribution in [0.3, 0.4) is 0 Å². The zero-order valence-corrected chi connectivity index (χ0v) is 12.2. The minimum absolute atomic E-state index is 0.0517. The van der Waals surface area contributed by atoms with Crippen LogP contribution in [0.5, 0.6) is 5.75 Å². The fraction of sp³-hybridized carbons (Fsp3) is 0.250. The van der Waals surface area contributed by atoms with Gasteiger partial charge in [-0.3, -0.25) is 0 Å². The van der Waals surface area contributed by atoms with Gasteiger partial charge < -0.3 is 15.0 Å². The Balaban J connectivity index is 2.01. The van der Waals surface area contributed by atoms with Crippen molar-refractivity contribution in [2.75, 3.05) is 30.9 Å². The minimum atomic E-state index is 0.0517. The molecule has 0 aliphatic carbocycles. The molecule has 0 bridgehead atoms. The third kappa shape index (κ3) is 4.11. The maximum Gasteiger partial charge on any atom is 0.174 e. The first-order valence-corrected chi connectivity index (χ1v) is 6.65. The molecule has 0 saturated heterocycles. The number of ether oxygens (including phenoxy) is 1. The molecule has 21 heavy (non-hydrogen) atoms. The highest BCUT2D eigenvalue weighted by Gasteiger charge is 2.03. The maximum atomic E-state index is 8.59. The van der Waals surface area contributed by atoms with E-state index in [1.54, 1.807) is 6.20 Å². The summed E-state index contributed by atoms with van der Waals surface area (Å²) >= 11 is 0. The molecule has 2 rings (SSSR count). The van der Waals surface area contributed by atoms with Crippen LogP contribution in [0.15, 0.2) is 42.6 Å². The first-order valence-electron chi connectivity index (χ1n) is 6.65. The molecule has 1 N–H and O–H groups in total. The first-order chi connectivity index (χ1) is 10.2. The predicted octanol–water partition coefficient (Wildman–Crippen LogP) is 2.66. The molecule has 108 valence electrons. The van der Waals surface area contributed by atoms with Gasteiger partial charge in [-0.15, -0.1) is 0 Å². The summed E-state index contributed by atoms with van der Waals surface area (Å²) in [6.07, 6.45) is 1.80. The van der Waals surface area contributed by atoms with Gasteiger partial charge in [-0.25, -0.2) is 4.98 Å². The number of nitriles is 1. The Morgan fingerprint density at radius 1 is 1.24 bits per heavy atom. The molecule has 0 aliphatic heterocycles. The molecule has 0 saturated carbocycles. The van der Waals surface area contributed by atoms with Gasteiger partial charge in [0.2, 0.25) is 0 Å². The highest BCUT2D eigenvalue weighted by molar-refractivity contribution is 5.49. The Bertz CT molecular complexity index is 617. The highest BCUT2D eigenvalue weighted by atomic mass is 16.5. The molecular weight excluding hydrogens is 264 g/mol. The van der Waals surface area contributed by atoms with Gasteiger partial charge in [-0.05, 0) is 18.2 Å². The average Bonchev–Trinajstić information content (AvgIpc) is 2.52. The quantitative estimate of drug-likeness (QED) is 0.882. The van der Waals surface area contributed by atoms with Gasteiger partial charge in [0.15, 0.2) is 6.61 Å². The Morgan fingerprint density at radius 3 is 2.71 bits per heavy atom. The molecule has 0 fully saturated rings. The van der Waals surface area contributed by atoms with Crippen molar-refractivity contribution in [3.05, 3.63) is 48.2 Å². The van der Waals surface area contributed by atoms with E-state index < -0.39 is 0 Å². The topological polar surface area (TPSA) is 61.2 Å². The first kappa shape index (κ1) is 14.7. The van der Waals surface area contributed by atoms with Gasteiger partial charge in [0.05, 0.1) is 11.9 Å². The number of benzene rings is 1. The lowest BCUT2D eigenvalue weighted by molar-refractivity contribution is 0.364. The van der Waals surface area contributed by atoms with E-state index in [1.165, 1.54) is 0 Å². The molecule has 0 spiro atoms. The Morgan fingerprint density at radius 2 is 2.05 bits per heavy atom. The fourth-order valence-corrected chi connectivity index (χ4v) is 1.85. The van der Waals surface area contributed by atoms with Gasteiger partial charge in [0.25, 0.3) is 0 Å². The molecule has 0 aliphatic rings. The number of aromatic nitrogens is 1. The molecule has 2 aromatic rings. The lowest BCUT2D eigenvalue weighted by Crippen LogP contribution is -2.10. The van der Waals surface area contributed by atoms with E-state index in [0.29, 0.717) is 6.54 Å². The van der Waals surface area contributed by atoms with Gasteiger partial charge in [0.1, 0.15) is 17.6 Å². The monoisotopic (exact) mass is 282 g/mol. The Hall–Kier alpha value is -2.74. The van der Waals surface area contributed by atoms with Crippen molar-refractivity contribution in [2.24, 2.45) is 0 Å². The average molecular weight is 282 g/mol. The second-order valence-corrected chi connectivity index (χ2v) is 4.71. The predicted molar refractivity (Wildman–Crippen MR) is 83.4 cm³/mol. The lowest BCUT2D eigenvalue weighted by Gasteiger charge is -2.13. The van der Waals surface area contributed by atoms with Crippen molar-refractivity contribution in [2.45, 2.75) is 6.54 Å². The van der Waals surface area contributed by atoms with Crippen LogP contribution in [0.4, 0.5) is 11.5 Å². The number of nitrogens with zero attached hydrogens (tertiary/aromatic N) is 3. The third-order valence-corrected chi connectivity index (χ3v) is 2.95. The van der Waals surface area contributed by atoms with Gasteiger partial charge in [-0.1, -0.05) is 18.2 Å². The largest absolute Gasteiger partial charge is 0.478 e. The normalized spacial score (nSPS) is 9.76. The Kier molecular flexibility index (Phi) is 4.99. The van der Waals surface area contributed by atoms with Crippen LogP contribution < -0.4 is 15.0 Å². The molecule has 0 amide bonds. The van der Waals surface area contributed by atoms with E-state index in [4.69, 9.17) is 10.00 Å². The summed E-state index contributed by atoms with van der Waals surface area (Å²) in [6.45, 7) is 0.667. The van der Waals surface area contributed by atoms with Crippen molar-refractivity contribution in [1.82, 2.24) is 4.98 Å². The number of hydrogen-bond acceptors (Lipinski definition) is 5. The number of pyridine rings is 1. The summed E-state index contributed by atoms with van der Waals surface area (Å²) in [5.41, 5.74) is 1.94. The van der Waals surface area contributed by atoms with E-state index in [0.717, 1.165) is 22.8 Å². The molecule has 1 aromatic heterocycles. The molecule has 1 heterocycles. The molecule has 5 nitrogen and oxygen atoms in total. The van der Waals surface area contributed by atoms with Crippen molar-refractivity contribution < 1.29 is 4.74 Å². The van der Waals surface area contributed by atoms with Crippen molar-refractivity contribution in [1.29, 1.82) is 5.26 Å². The standard InChI is InChI=1S/C16H18N4O/c1-20(2)16-8-7-14(12-19-16)18-11-13-5-3-4-6-15(13)21-10-9-17/h3-8,12,18H,10-11H2,1-2H3. The van der Waals surface area contributed by atoms with Crippen molar-refractivity contribution in [3.8, 4) is 11.8 Å². The minimum Gasteiger partial charge on any atom is -0.478 e. The number of hydrogen-bond donors (Lipinski definition) is 1. The molecule has 0 unspecified atom stereocenters. The second-order valence-electron chi connectivity index (χ2n) is 4.71. The zero-order valence-electron chi connectivity index (χ0n) is 12.2. The van der Waals surface area contributed by atoms with Crippen LogP contribution in [0.2, 0.25) is 0 Å². The number of nitrogens with one attached hydrogen (secondary N) is 1. The number of rotatable bonds is 6. The Labute approximate surface area is 124 Å². The van der Waals surface area contributed by atoms with Crippen LogP contribution in [0.1, 0.15) is 5.56 Å². The summed E-state index contributed by atoms with van der Waals surface area (Å²) in [5, 5.41) is 11.9. The summed E-state index contributed by atoms with van der Waals surface area (Å²) < 4.78 is 5.40. The van der Waals surface area contributed by atoms with Crippen LogP contribution >= 0.6 is 0 Å². The number of para-hydroxylation sites is 1. The summed E-state index contributed by atoms with van der Waals surface area (Å²) in [6, 6.07) is 13.6. The van der Waals surface area contributed by atoms with E-state index in [9.17, 15) is 0 Å². The lowest BCUT2D eigenvalue weighted by atomic mass is 10.2. The summed E-state index contributed by atoms with van der Waals surface area (Å²) in [4.78, 5) is 6.30. The van der Waals surface area contributed by atoms with Crippen molar-refractivity contribution >= 4 is 11.5 Å². The van der Waals surface area contributed by atoms with Gasteiger partial charge in [0, 0.05) is 26.2 Å². The highest BCUT2D eigenvalue weighted by Crippen LogP contribution is 2.20. The fourth-order valence-electron chi connectivity index (χ4n) is 1.85. The molecule has 0 radical (unpaired) electrons.